The highest BCUT2D eigenvalue weighted by Gasteiger charge is 2.12. The summed E-state index contributed by atoms with van der Waals surface area (Å²) in [7, 11) is 0. The summed E-state index contributed by atoms with van der Waals surface area (Å²) in [5, 5.41) is 2.94. The quantitative estimate of drug-likeness (QED) is 0.731. The van der Waals surface area contributed by atoms with Crippen LogP contribution in [-0.2, 0) is 4.79 Å². The Morgan fingerprint density at radius 3 is 2.61 bits per heavy atom. The lowest BCUT2D eigenvalue weighted by Crippen LogP contribution is -2.20. The van der Waals surface area contributed by atoms with E-state index in [1.165, 1.54) is 0 Å². The molecule has 0 bridgehead atoms. The number of rotatable bonds is 5. The summed E-state index contributed by atoms with van der Waals surface area (Å²) in [4.78, 5) is 16.5. The molecule has 23 heavy (non-hydrogen) atoms. The van der Waals surface area contributed by atoms with Crippen molar-refractivity contribution in [2.75, 3.05) is 5.32 Å². The van der Waals surface area contributed by atoms with Gasteiger partial charge in [0.1, 0.15) is 5.52 Å². The second-order valence-electron chi connectivity index (χ2n) is 5.74. The van der Waals surface area contributed by atoms with Crippen LogP contribution >= 0.6 is 0 Å². The van der Waals surface area contributed by atoms with Crippen LogP contribution in [0.5, 0.6) is 0 Å². The maximum atomic E-state index is 12.0. The van der Waals surface area contributed by atoms with Crippen LogP contribution in [0.25, 0.3) is 22.6 Å². The van der Waals surface area contributed by atoms with Crippen molar-refractivity contribution in [3.63, 3.8) is 0 Å². The number of hydrogen-bond donors (Lipinski definition) is 1. The minimum absolute atomic E-state index is 0.0247. The minimum Gasteiger partial charge on any atom is -0.436 e. The summed E-state index contributed by atoms with van der Waals surface area (Å²) < 4.78 is 5.75. The molecule has 0 aliphatic rings. The van der Waals surface area contributed by atoms with Crippen molar-refractivity contribution in [2.45, 2.75) is 26.7 Å². The molecule has 0 fully saturated rings. The van der Waals surface area contributed by atoms with E-state index in [9.17, 15) is 4.79 Å². The molecule has 4 nitrogen and oxygen atoms in total. The van der Waals surface area contributed by atoms with Crippen molar-refractivity contribution in [2.24, 2.45) is 5.92 Å². The van der Waals surface area contributed by atoms with Gasteiger partial charge in [0.05, 0.1) is 0 Å². The monoisotopic (exact) mass is 308 g/mol. The molecule has 1 amide bonds. The number of hydrogen-bond acceptors (Lipinski definition) is 3. The Kier molecular flexibility index (Phi) is 4.42. The molecule has 3 rings (SSSR count). The number of amides is 1. The van der Waals surface area contributed by atoms with E-state index >= 15 is 0 Å². The molecule has 1 atom stereocenters. The summed E-state index contributed by atoms with van der Waals surface area (Å²) >= 11 is 0. The Bertz CT molecular complexity index is 773. The van der Waals surface area contributed by atoms with E-state index in [4.69, 9.17) is 4.42 Å². The number of fused-ring (bicyclic) bond motifs is 1. The molecule has 0 aliphatic heterocycles. The number of oxazole rings is 1. The molecule has 1 aromatic heterocycles. The summed E-state index contributed by atoms with van der Waals surface area (Å²) in [6.07, 6.45) is 1.90. The molecule has 0 saturated heterocycles. The van der Waals surface area contributed by atoms with Crippen LogP contribution in [0.2, 0.25) is 0 Å². The number of benzene rings is 2. The summed E-state index contributed by atoms with van der Waals surface area (Å²) in [6, 6.07) is 15.2. The Morgan fingerprint density at radius 2 is 1.91 bits per heavy atom. The second kappa shape index (κ2) is 6.65. The van der Waals surface area contributed by atoms with Crippen molar-refractivity contribution >= 4 is 22.7 Å². The van der Waals surface area contributed by atoms with Crippen LogP contribution in [0, 0.1) is 5.92 Å². The highest BCUT2D eigenvalue weighted by atomic mass is 16.3. The topological polar surface area (TPSA) is 55.1 Å². The highest BCUT2D eigenvalue weighted by Crippen LogP contribution is 2.25. The van der Waals surface area contributed by atoms with Crippen molar-refractivity contribution in [3.05, 3.63) is 48.5 Å². The first-order chi connectivity index (χ1) is 11.2. The lowest BCUT2D eigenvalue weighted by atomic mass is 10.1. The molecule has 0 aliphatic carbocycles. The number of para-hydroxylation sites is 2. The van der Waals surface area contributed by atoms with Crippen molar-refractivity contribution in [1.82, 2.24) is 4.98 Å². The maximum absolute atomic E-state index is 12.0. The normalized spacial score (nSPS) is 12.3. The number of anilines is 1. The molecule has 3 aromatic rings. The third kappa shape index (κ3) is 3.42. The maximum Gasteiger partial charge on any atom is 0.227 e. The van der Waals surface area contributed by atoms with Gasteiger partial charge in [-0.1, -0.05) is 32.4 Å². The van der Waals surface area contributed by atoms with Gasteiger partial charge in [-0.15, -0.1) is 0 Å². The van der Waals surface area contributed by atoms with E-state index in [1.807, 2.05) is 55.5 Å². The number of nitrogens with one attached hydrogen (secondary N) is 1. The predicted molar refractivity (Wildman–Crippen MR) is 92.1 cm³/mol. The zero-order valence-corrected chi connectivity index (χ0v) is 13.4. The van der Waals surface area contributed by atoms with Gasteiger partial charge in [0.15, 0.2) is 5.58 Å². The van der Waals surface area contributed by atoms with Gasteiger partial charge in [-0.25, -0.2) is 4.98 Å². The smallest absolute Gasteiger partial charge is 0.227 e. The molecule has 1 N–H and O–H groups in total. The summed E-state index contributed by atoms with van der Waals surface area (Å²) in [6.45, 7) is 4.03. The van der Waals surface area contributed by atoms with Crippen molar-refractivity contribution < 1.29 is 9.21 Å². The van der Waals surface area contributed by atoms with Crippen LogP contribution < -0.4 is 5.32 Å². The standard InChI is InChI=1S/C19H20N2O2/c1-3-6-13(2)18(22)20-15-11-9-14(10-12-15)19-21-16-7-4-5-8-17(16)23-19/h4-5,7-13H,3,6H2,1-2H3,(H,20,22). The third-order valence-electron chi connectivity index (χ3n) is 3.86. The summed E-state index contributed by atoms with van der Waals surface area (Å²) in [5.41, 5.74) is 3.29. The average molecular weight is 308 g/mol. The number of carbonyl (C=O) groups is 1. The average Bonchev–Trinajstić information content (AvgIpc) is 2.99. The minimum atomic E-state index is 0.0247. The van der Waals surface area contributed by atoms with Crippen molar-refractivity contribution in [1.29, 1.82) is 0 Å². The van der Waals surface area contributed by atoms with Crippen molar-refractivity contribution in [3.8, 4) is 11.5 Å². The van der Waals surface area contributed by atoms with E-state index < -0.39 is 0 Å². The lowest BCUT2D eigenvalue weighted by Gasteiger charge is -2.11. The Hall–Kier alpha value is -2.62. The van der Waals surface area contributed by atoms with Crippen LogP contribution in [0.1, 0.15) is 26.7 Å². The molecular weight excluding hydrogens is 288 g/mol. The Morgan fingerprint density at radius 1 is 1.17 bits per heavy atom. The van der Waals surface area contributed by atoms with Crippen LogP contribution in [0.3, 0.4) is 0 Å². The van der Waals surface area contributed by atoms with E-state index in [-0.39, 0.29) is 11.8 Å². The summed E-state index contributed by atoms with van der Waals surface area (Å²) in [5.74, 6) is 0.668. The number of aromatic nitrogens is 1. The van der Waals surface area contributed by atoms with E-state index in [0.717, 1.165) is 35.2 Å². The zero-order valence-electron chi connectivity index (χ0n) is 13.4. The van der Waals surface area contributed by atoms with E-state index in [1.54, 1.807) is 0 Å². The number of nitrogens with zero attached hydrogens (tertiary/aromatic N) is 1. The van der Waals surface area contributed by atoms with Gasteiger partial charge >= 0.3 is 0 Å². The van der Waals surface area contributed by atoms with Gasteiger partial charge in [-0.2, -0.15) is 0 Å². The molecule has 1 heterocycles. The number of carbonyl (C=O) groups excluding carboxylic acids is 1. The zero-order chi connectivity index (χ0) is 16.2. The fourth-order valence-corrected chi connectivity index (χ4v) is 2.52. The molecule has 0 saturated carbocycles. The van der Waals surface area contributed by atoms with Crippen LogP contribution in [0.15, 0.2) is 52.9 Å². The molecular formula is C19H20N2O2. The van der Waals surface area contributed by atoms with Gasteiger partial charge in [-0.05, 0) is 42.8 Å². The molecule has 0 spiro atoms. The molecule has 4 heteroatoms. The third-order valence-corrected chi connectivity index (χ3v) is 3.86. The Balaban J connectivity index is 1.75. The van der Waals surface area contributed by atoms with Gasteiger partial charge < -0.3 is 9.73 Å². The first-order valence-corrected chi connectivity index (χ1v) is 7.94. The molecule has 2 aromatic carbocycles. The first kappa shape index (κ1) is 15.3. The van der Waals surface area contributed by atoms with Crippen LogP contribution in [0.4, 0.5) is 5.69 Å². The fraction of sp³-hybridized carbons (Fsp3) is 0.263. The van der Waals surface area contributed by atoms with Gasteiger partial charge in [0.2, 0.25) is 11.8 Å². The van der Waals surface area contributed by atoms with Gasteiger partial charge in [0.25, 0.3) is 0 Å². The largest absolute Gasteiger partial charge is 0.436 e. The molecule has 118 valence electrons. The predicted octanol–water partition coefficient (Wildman–Crippen LogP) is 4.87. The van der Waals surface area contributed by atoms with Crippen LogP contribution in [-0.4, -0.2) is 10.9 Å². The molecule has 0 radical (unpaired) electrons. The Labute approximate surface area is 135 Å². The van der Waals surface area contributed by atoms with Gasteiger partial charge in [-0.3, -0.25) is 4.79 Å². The SMILES string of the molecule is CCCC(C)C(=O)Nc1ccc(-c2nc3ccccc3o2)cc1. The highest BCUT2D eigenvalue weighted by molar-refractivity contribution is 5.92. The first-order valence-electron chi connectivity index (χ1n) is 7.94. The van der Waals surface area contributed by atoms with E-state index in [2.05, 4.69) is 17.2 Å². The van der Waals surface area contributed by atoms with Gasteiger partial charge in [0, 0.05) is 17.2 Å². The van der Waals surface area contributed by atoms with E-state index in [0.29, 0.717) is 5.89 Å². The second-order valence-corrected chi connectivity index (χ2v) is 5.74. The fourth-order valence-electron chi connectivity index (χ4n) is 2.52. The lowest BCUT2D eigenvalue weighted by molar-refractivity contribution is -0.119. The molecule has 1 unspecified atom stereocenters.